The molecular weight excluding hydrogens is 338 g/mol. The Morgan fingerprint density at radius 2 is 1.77 bits per heavy atom. The number of fused-ring (bicyclic) bond motifs is 1. The molecule has 0 atom stereocenters. The first-order valence-electron chi connectivity index (χ1n) is 8.31. The Morgan fingerprint density at radius 1 is 1.04 bits per heavy atom. The van der Waals surface area contributed by atoms with Crippen LogP contribution in [0.1, 0.15) is 27.2 Å². The van der Waals surface area contributed by atoms with Gasteiger partial charge in [0.15, 0.2) is 5.69 Å². The highest BCUT2D eigenvalue weighted by molar-refractivity contribution is 5.92. The second-order valence-corrected chi connectivity index (χ2v) is 6.25. The van der Waals surface area contributed by atoms with Crippen LogP contribution in [0, 0.1) is 11.6 Å². The van der Waals surface area contributed by atoms with Crippen LogP contribution in [-0.2, 0) is 19.5 Å². The van der Waals surface area contributed by atoms with Gasteiger partial charge >= 0.3 is 0 Å². The molecule has 1 aliphatic rings. The van der Waals surface area contributed by atoms with Crippen LogP contribution in [-0.4, -0.2) is 32.3 Å². The molecule has 0 spiro atoms. The van der Waals surface area contributed by atoms with Gasteiger partial charge in [0.2, 0.25) is 0 Å². The van der Waals surface area contributed by atoms with Crippen LogP contribution in [0.2, 0.25) is 0 Å². The molecule has 0 fully saturated rings. The van der Waals surface area contributed by atoms with Crippen LogP contribution < -0.4 is 0 Å². The monoisotopic (exact) mass is 354 g/mol. The van der Waals surface area contributed by atoms with Crippen molar-refractivity contribution in [2.24, 2.45) is 0 Å². The lowest BCUT2D eigenvalue weighted by molar-refractivity contribution is 0.0728. The van der Waals surface area contributed by atoms with E-state index in [4.69, 9.17) is 0 Å². The molecule has 0 radical (unpaired) electrons. The van der Waals surface area contributed by atoms with Gasteiger partial charge in [-0.25, -0.2) is 13.5 Å². The van der Waals surface area contributed by atoms with Crippen molar-refractivity contribution in [3.8, 4) is 0 Å². The van der Waals surface area contributed by atoms with Gasteiger partial charge in [-0.1, -0.05) is 35.5 Å². The molecule has 5 nitrogen and oxygen atoms in total. The van der Waals surface area contributed by atoms with Gasteiger partial charge in [-0.15, -0.1) is 5.10 Å². The summed E-state index contributed by atoms with van der Waals surface area (Å²) in [4.78, 5) is 14.4. The predicted molar refractivity (Wildman–Crippen MR) is 90.4 cm³/mol. The second kappa shape index (κ2) is 6.67. The first-order valence-corrected chi connectivity index (χ1v) is 8.31. The number of nitrogens with zero attached hydrogens (tertiary/aromatic N) is 4. The van der Waals surface area contributed by atoms with E-state index >= 15 is 0 Å². The molecule has 2 aromatic carbocycles. The lowest BCUT2D eigenvalue weighted by atomic mass is 10.00. The van der Waals surface area contributed by atoms with Crippen LogP contribution >= 0.6 is 0 Å². The van der Waals surface area contributed by atoms with Crippen molar-refractivity contribution < 1.29 is 13.6 Å². The first kappa shape index (κ1) is 16.4. The molecule has 0 aliphatic carbocycles. The zero-order chi connectivity index (χ0) is 18.1. The highest BCUT2D eigenvalue weighted by Gasteiger charge is 2.24. The lowest BCUT2D eigenvalue weighted by Gasteiger charge is -2.28. The van der Waals surface area contributed by atoms with Crippen molar-refractivity contribution >= 4 is 5.91 Å². The third-order valence-electron chi connectivity index (χ3n) is 4.56. The second-order valence-electron chi connectivity index (χ2n) is 6.25. The van der Waals surface area contributed by atoms with E-state index < -0.39 is 11.6 Å². The number of aromatic nitrogens is 3. The van der Waals surface area contributed by atoms with E-state index in [0.717, 1.165) is 12.0 Å². The maximum Gasteiger partial charge on any atom is 0.276 e. The number of hydrogen-bond donors (Lipinski definition) is 0. The Bertz CT molecular complexity index is 949. The number of amides is 1. The molecule has 1 aliphatic heterocycles. The molecule has 4 rings (SSSR count). The highest BCUT2D eigenvalue weighted by atomic mass is 19.1. The lowest BCUT2D eigenvalue weighted by Crippen LogP contribution is -2.36. The van der Waals surface area contributed by atoms with Crippen molar-refractivity contribution in [2.75, 3.05) is 6.54 Å². The minimum Gasteiger partial charge on any atom is -0.333 e. The van der Waals surface area contributed by atoms with Gasteiger partial charge in [-0.2, -0.15) is 0 Å². The van der Waals surface area contributed by atoms with Gasteiger partial charge in [0.05, 0.1) is 12.7 Å². The molecule has 0 saturated carbocycles. The summed E-state index contributed by atoms with van der Waals surface area (Å²) in [5.41, 5.74) is 2.42. The molecule has 0 N–H and O–H groups in total. The fourth-order valence-electron chi connectivity index (χ4n) is 3.15. The fourth-order valence-corrected chi connectivity index (χ4v) is 3.15. The van der Waals surface area contributed by atoms with E-state index in [1.165, 1.54) is 34.6 Å². The minimum absolute atomic E-state index is 0.108. The van der Waals surface area contributed by atoms with Crippen molar-refractivity contribution in [3.63, 3.8) is 0 Å². The average molecular weight is 354 g/mol. The Morgan fingerprint density at radius 3 is 2.54 bits per heavy atom. The zero-order valence-corrected chi connectivity index (χ0v) is 13.9. The Hall–Kier alpha value is -3.09. The number of carbonyl (C=O) groups is 1. The normalized spacial score (nSPS) is 13.5. The number of carbonyl (C=O) groups excluding carboxylic acids is 1. The maximum absolute atomic E-state index is 13.8. The molecule has 0 unspecified atom stereocenters. The van der Waals surface area contributed by atoms with Gasteiger partial charge in [-0.3, -0.25) is 4.79 Å². The SMILES string of the molecule is O=C(c1cn(Cc2c(F)cccc2F)nn1)N1CCc2ccccc2C1. The van der Waals surface area contributed by atoms with Gasteiger partial charge in [0, 0.05) is 18.7 Å². The van der Waals surface area contributed by atoms with Gasteiger partial charge in [0.1, 0.15) is 11.6 Å². The maximum atomic E-state index is 13.8. The van der Waals surface area contributed by atoms with Gasteiger partial charge in [0.25, 0.3) is 5.91 Å². The van der Waals surface area contributed by atoms with Crippen molar-refractivity contribution in [3.05, 3.63) is 82.7 Å². The predicted octanol–water partition coefficient (Wildman–Crippen LogP) is 2.80. The highest BCUT2D eigenvalue weighted by Crippen LogP contribution is 2.20. The average Bonchev–Trinajstić information content (AvgIpc) is 3.12. The fraction of sp³-hybridized carbons (Fsp3) is 0.211. The molecule has 3 aromatic rings. The summed E-state index contributed by atoms with van der Waals surface area (Å²) in [6, 6.07) is 11.7. The van der Waals surface area contributed by atoms with Crippen molar-refractivity contribution in [2.45, 2.75) is 19.5 Å². The Kier molecular flexibility index (Phi) is 4.20. The number of rotatable bonds is 3. The van der Waals surface area contributed by atoms with Gasteiger partial charge in [-0.05, 0) is 29.7 Å². The largest absolute Gasteiger partial charge is 0.333 e. The van der Waals surface area contributed by atoms with E-state index in [0.29, 0.717) is 13.1 Å². The summed E-state index contributed by atoms with van der Waals surface area (Å²) in [6.07, 6.45) is 2.21. The minimum atomic E-state index is -0.652. The quantitative estimate of drug-likeness (QED) is 0.727. The van der Waals surface area contributed by atoms with E-state index in [2.05, 4.69) is 16.4 Å². The molecule has 1 aromatic heterocycles. The van der Waals surface area contributed by atoms with E-state index in [9.17, 15) is 13.6 Å². The number of benzene rings is 2. The first-order chi connectivity index (χ1) is 12.6. The number of hydrogen-bond acceptors (Lipinski definition) is 3. The molecule has 1 amide bonds. The third kappa shape index (κ3) is 3.08. The molecule has 7 heteroatoms. The molecular formula is C19H16F2N4O. The molecule has 0 bridgehead atoms. The summed E-state index contributed by atoms with van der Waals surface area (Å²) in [7, 11) is 0. The Labute approximate surface area is 148 Å². The topological polar surface area (TPSA) is 51.0 Å². The third-order valence-corrected chi connectivity index (χ3v) is 4.56. The van der Waals surface area contributed by atoms with Crippen LogP contribution in [0.5, 0.6) is 0 Å². The standard InChI is InChI=1S/C19H16F2N4O/c20-16-6-3-7-17(21)15(16)11-25-12-18(22-23-25)19(26)24-9-8-13-4-1-2-5-14(13)10-24/h1-7,12H,8-11H2. The molecule has 2 heterocycles. The smallest absolute Gasteiger partial charge is 0.276 e. The molecule has 132 valence electrons. The summed E-state index contributed by atoms with van der Waals surface area (Å²) in [6.45, 7) is 0.996. The van der Waals surface area contributed by atoms with Crippen LogP contribution in [0.15, 0.2) is 48.7 Å². The molecule has 26 heavy (non-hydrogen) atoms. The van der Waals surface area contributed by atoms with E-state index in [-0.39, 0.29) is 23.7 Å². The van der Waals surface area contributed by atoms with Crippen LogP contribution in [0.3, 0.4) is 0 Å². The van der Waals surface area contributed by atoms with Gasteiger partial charge < -0.3 is 4.90 Å². The van der Waals surface area contributed by atoms with Crippen molar-refractivity contribution in [1.29, 1.82) is 0 Å². The molecule has 0 saturated heterocycles. The number of halogens is 2. The van der Waals surface area contributed by atoms with Crippen molar-refractivity contribution in [1.82, 2.24) is 19.9 Å². The van der Waals surface area contributed by atoms with Crippen LogP contribution in [0.25, 0.3) is 0 Å². The Balaban J connectivity index is 1.51. The summed E-state index contributed by atoms with van der Waals surface area (Å²) < 4.78 is 28.8. The summed E-state index contributed by atoms with van der Waals surface area (Å²) >= 11 is 0. The summed E-state index contributed by atoms with van der Waals surface area (Å²) in [5.74, 6) is -1.54. The van der Waals surface area contributed by atoms with Crippen LogP contribution in [0.4, 0.5) is 8.78 Å². The summed E-state index contributed by atoms with van der Waals surface area (Å²) in [5, 5.41) is 7.72. The van der Waals surface area contributed by atoms with E-state index in [1.54, 1.807) is 4.90 Å². The zero-order valence-electron chi connectivity index (χ0n) is 13.9. The van der Waals surface area contributed by atoms with E-state index in [1.807, 2.05) is 18.2 Å².